The Labute approximate surface area is 216 Å². The zero-order valence-electron chi connectivity index (χ0n) is 20.4. The second kappa shape index (κ2) is 11.7. The normalized spacial score (nSPS) is 14.9. The maximum atomic E-state index is 13.5. The van der Waals surface area contributed by atoms with E-state index in [0.717, 1.165) is 52.1 Å². The molecule has 1 aliphatic carbocycles. The second-order valence-corrected chi connectivity index (χ2v) is 10.1. The van der Waals surface area contributed by atoms with Gasteiger partial charge in [0.05, 0.1) is 4.47 Å². The summed E-state index contributed by atoms with van der Waals surface area (Å²) in [6.45, 7) is 4.03. The van der Waals surface area contributed by atoms with Crippen molar-refractivity contribution in [1.82, 2.24) is 10.2 Å². The topological polar surface area (TPSA) is 58.6 Å². The van der Waals surface area contributed by atoms with Crippen LogP contribution in [0.5, 0.6) is 5.75 Å². The third-order valence-electron chi connectivity index (χ3n) is 6.90. The molecule has 184 valence electrons. The van der Waals surface area contributed by atoms with Crippen molar-refractivity contribution in [3.63, 3.8) is 0 Å². The summed E-state index contributed by atoms with van der Waals surface area (Å²) in [6, 6.07) is 19.4. The molecular weight excluding hydrogens is 504 g/mol. The molecule has 1 fully saturated rings. The number of carbonyl (C=O) groups excluding carboxylic acids is 2. The van der Waals surface area contributed by atoms with Crippen LogP contribution >= 0.6 is 15.9 Å². The van der Waals surface area contributed by atoms with Gasteiger partial charge in [-0.15, -0.1) is 0 Å². The third-order valence-corrected chi connectivity index (χ3v) is 7.72. The lowest BCUT2D eigenvalue weighted by Gasteiger charge is -2.31. The van der Waals surface area contributed by atoms with Crippen LogP contribution in [0.25, 0.3) is 10.8 Å². The monoisotopic (exact) mass is 536 g/mol. The van der Waals surface area contributed by atoms with Gasteiger partial charge >= 0.3 is 0 Å². The summed E-state index contributed by atoms with van der Waals surface area (Å²) in [5, 5.41) is 5.29. The first-order valence-corrected chi connectivity index (χ1v) is 13.2. The SMILES string of the molecule is Cc1ccccc1CN(C(=O)COc1ccc2ccccc2c1Br)[C@@H](C)C(=O)NC1CCCCC1. The predicted molar refractivity (Wildman–Crippen MR) is 143 cm³/mol. The van der Waals surface area contributed by atoms with E-state index >= 15 is 0 Å². The molecule has 0 radical (unpaired) electrons. The lowest BCUT2D eigenvalue weighted by molar-refractivity contribution is -0.142. The van der Waals surface area contributed by atoms with Crippen molar-refractivity contribution in [2.24, 2.45) is 0 Å². The Morgan fingerprint density at radius 1 is 1.03 bits per heavy atom. The van der Waals surface area contributed by atoms with Gasteiger partial charge in [0.15, 0.2) is 6.61 Å². The molecule has 3 aromatic rings. The molecule has 0 heterocycles. The first-order chi connectivity index (χ1) is 16.9. The Kier molecular flexibility index (Phi) is 8.45. The number of nitrogens with zero attached hydrogens (tertiary/aromatic N) is 1. The number of halogens is 1. The number of fused-ring (bicyclic) bond motifs is 1. The van der Waals surface area contributed by atoms with E-state index in [-0.39, 0.29) is 24.5 Å². The first-order valence-electron chi connectivity index (χ1n) is 12.4. The van der Waals surface area contributed by atoms with Crippen LogP contribution in [0.15, 0.2) is 65.1 Å². The summed E-state index contributed by atoms with van der Waals surface area (Å²) < 4.78 is 6.78. The van der Waals surface area contributed by atoms with Crippen LogP contribution in [0.3, 0.4) is 0 Å². The van der Waals surface area contributed by atoms with Gasteiger partial charge in [0, 0.05) is 12.6 Å². The number of hydrogen-bond donors (Lipinski definition) is 1. The molecule has 1 atom stereocenters. The predicted octanol–water partition coefficient (Wildman–Crippen LogP) is 6.16. The van der Waals surface area contributed by atoms with Gasteiger partial charge in [0.2, 0.25) is 5.91 Å². The number of ether oxygens (including phenoxy) is 1. The summed E-state index contributed by atoms with van der Waals surface area (Å²) >= 11 is 3.63. The van der Waals surface area contributed by atoms with Crippen LogP contribution in [0.1, 0.15) is 50.2 Å². The summed E-state index contributed by atoms with van der Waals surface area (Å²) in [6.07, 6.45) is 5.51. The molecule has 0 saturated heterocycles. The number of benzene rings is 3. The minimum Gasteiger partial charge on any atom is -0.483 e. The van der Waals surface area contributed by atoms with Gasteiger partial charge in [-0.2, -0.15) is 0 Å². The molecule has 35 heavy (non-hydrogen) atoms. The lowest BCUT2D eigenvalue weighted by atomic mass is 9.95. The van der Waals surface area contributed by atoms with Crippen LogP contribution < -0.4 is 10.1 Å². The van der Waals surface area contributed by atoms with Crippen LogP contribution in [-0.4, -0.2) is 35.4 Å². The van der Waals surface area contributed by atoms with E-state index in [9.17, 15) is 9.59 Å². The Hall–Kier alpha value is -2.86. The number of hydrogen-bond acceptors (Lipinski definition) is 3. The van der Waals surface area contributed by atoms with Crippen molar-refractivity contribution in [3.8, 4) is 5.75 Å². The van der Waals surface area contributed by atoms with Crippen LogP contribution in [-0.2, 0) is 16.1 Å². The maximum absolute atomic E-state index is 13.5. The summed E-state index contributed by atoms with van der Waals surface area (Å²) in [5.74, 6) is 0.275. The molecule has 0 aromatic heterocycles. The lowest BCUT2D eigenvalue weighted by Crippen LogP contribution is -2.51. The van der Waals surface area contributed by atoms with Gasteiger partial charge in [-0.05, 0) is 70.6 Å². The van der Waals surface area contributed by atoms with Crippen molar-refractivity contribution in [2.75, 3.05) is 6.61 Å². The third kappa shape index (κ3) is 6.23. The van der Waals surface area contributed by atoms with E-state index in [4.69, 9.17) is 4.74 Å². The van der Waals surface area contributed by atoms with Crippen molar-refractivity contribution in [3.05, 3.63) is 76.3 Å². The number of carbonyl (C=O) groups is 2. The average Bonchev–Trinajstić information content (AvgIpc) is 2.88. The van der Waals surface area contributed by atoms with Crippen LogP contribution in [0.4, 0.5) is 0 Å². The van der Waals surface area contributed by atoms with E-state index in [1.807, 2.05) is 67.6 Å². The Balaban J connectivity index is 1.50. The van der Waals surface area contributed by atoms with Gasteiger partial charge in [0.25, 0.3) is 5.91 Å². The maximum Gasteiger partial charge on any atom is 0.261 e. The largest absolute Gasteiger partial charge is 0.483 e. The number of rotatable bonds is 8. The van der Waals surface area contributed by atoms with Crippen LogP contribution in [0.2, 0.25) is 0 Å². The quantitative estimate of drug-likeness (QED) is 0.375. The molecular formula is C29H33BrN2O3. The smallest absolute Gasteiger partial charge is 0.261 e. The average molecular weight is 537 g/mol. The Morgan fingerprint density at radius 3 is 2.51 bits per heavy atom. The second-order valence-electron chi connectivity index (χ2n) is 9.36. The van der Waals surface area contributed by atoms with E-state index in [1.54, 1.807) is 11.8 Å². The zero-order chi connectivity index (χ0) is 24.8. The number of amides is 2. The molecule has 1 N–H and O–H groups in total. The van der Waals surface area contributed by atoms with E-state index in [1.165, 1.54) is 6.42 Å². The first kappa shape index (κ1) is 25.2. The molecule has 4 rings (SSSR count). The molecule has 1 saturated carbocycles. The molecule has 3 aromatic carbocycles. The molecule has 6 heteroatoms. The van der Waals surface area contributed by atoms with Gasteiger partial charge in [0.1, 0.15) is 11.8 Å². The fourth-order valence-corrected chi connectivity index (χ4v) is 5.28. The molecule has 5 nitrogen and oxygen atoms in total. The minimum absolute atomic E-state index is 0.106. The fraction of sp³-hybridized carbons (Fsp3) is 0.379. The highest BCUT2D eigenvalue weighted by Gasteiger charge is 2.29. The van der Waals surface area contributed by atoms with E-state index < -0.39 is 6.04 Å². The Bertz CT molecular complexity index is 1190. The zero-order valence-corrected chi connectivity index (χ0v) is 22.0. The molecule has 0 unspecified atom stereocenters. The number of nitrogens with one attached hydrogen (secondary N) is 1. The molecule has 1 aliphatic rings. The molecule has 2 amide bonds. The van der Waals surface area contributed by atoms with Crippen molar-refractivity contribution in [2.45, 2.75) is 64.6 Å². The van der Waals surface area contributed by atoms with Gasteiger partial charge in [-0.25, -0.2) is 0 Å². The van der Waals surface area contributed by atoms with Gasteiger partial charge < -0.3 is 15.0 Å². The van der Waals surface area contributed by atoms with Crippen molar-refractivity contribution < 1.29 is 14.3 Å². The van der Waals surface area contributed by atoms with Gasteiger partial charge in [-0.1, -0.05) is 73.9 Å². The highest BCUT2D eigenvalue weighted by molar-refractivity contribution is 9.10. The highest BCUT2D eigenvalue weighted by Crippen LogP contribution is 2.33. The molecule has 0 spiro atoms. The van der Waals surface area contributed by atoms with E-state index in [2.05, 4.69) is 21.2 Å². The summed E-state index contributed by atoms with van der Waals surface area (Å²) in [7, 11) is 0. The molecule has 0 bridgehead atoms. The Morgan fingerprint density at radius 2 is 1.74 bits per heavy atom. The fourth-order valence-electron chi connectivity index (χ4n) is 4.67. The summed E-state index contributed by atoms with van der Waals surface area (Å²) in [5.41, 5.74) is 2.11. The van der Waals surface area contributed by atoms with E-state index in [0.29, 0.717) is 12.3 Å². The summed E-state index contributed by atoms with van der Waals surface area (Å²) in [4.78, 5) is 28.2. The standard InChI is InChI=1S/C29H33BrN2O3/c1-20-10-6-7-12-23(20)18-32(21(2)29(34)31-24-13-4-3-5-14-24)27(33)19-35-26-17-16-22-11-8-9-15-25(22)28(26)30/h6-12,15-17,21,24H,3-5,13-14,18-19H2,1-2H3,(H,31,34)/t21-/m0/s1. The highest BCUT2D eigenvalue weighted by atomic mass is 79.9. The molecule has 0 aliphatic heterocycles. The minimum atomic E-state index is -0.604. The number of aryl methyl sites for hydroxylation is 1. The van der Waals surface area contributed by atoms with Crippen LogP contribution in [0, 0.1) is 6.92 Å². The van der Waals surface area contributed by atoms with Gasteiger partial charge in [-0.3, -0.25) is 9.59 Å². The van der Waals surface area contributed by atoms with Crippen molar-refractivity contribution in [1.29, 1.82) is 0 Å². The van der Waals surface area contributed by atoms with Crippen molar-refractivity contribution >= 4 is 38.5 Å².